The summed E-state index contributed by atoms with van der Waals surface area (Å²) in [4.78, 5) is 16.9. The van der Waals surface area contributed by atoms with Crippen LogP contribution in [0.15, 0.2) is 0 Å². The molecule has 0 aromatic heterocycles. The third-order valence-corrected chi connectivity index (χ3v) is 4.27. The Labute approximate surface area is 105 Å². The molecule has 3 nitrogen and oxygen atoms in total. The van der Waals surface area contributed by atoms with Crippen molar-refractivity contribution in [1.29, 1.82) is 0 Å². The van der Waals surface area contributed by atoms with Crippen LogP contribution in [0, 0.1) is 11.3 Å². The molecule has 98 valence electrons. The monoisotopic (exact) mass is 238 g/mol. The molecule has 17 heavy (non-hydrogen) atoms. The lowest BCUT2D eigenvalue weighted by molar-refractivity contribution is -0.143. The first-order valence-corrected chi connectivity index (χ1v) is 6.89. The molecule has 2 heterocycles. The summed E-state index contributed by atoms with van der Waals surface area (Å²) < 4.78 is 0. The number of rotatable bonds is 0. The largest absolute Gasteiger partial charge is 0.342 e. The van der Waals surface area contributed by atoms with Gasteiger partial charge in [0, 0.05) is 24.5 Å². The van der Waals surface area contributed by atoms with Crippen molar-refractivity contribution in [3.05, 3.63) is 0 Å². The molecule has 2 unspecified atom stereocenters. The summed E-state index contributed by atoms with van der Waals surface area (Å²) >= 11 is 0. The molecule has 2 fully saturated rings. The zero-order valence-electron chi connectivity index (χ0n) is 11.7. The Bertz CT molecular complexity index is 295. The van der Waals surface area contributed by atoms with Crippen LogP contribution in [0.3, 0.4) is 0 Å². The van der Waals surface area contributed by atoms with Gasteiger partial charge in [0.25, 0.3) is 0 Å². The van der Waals surface area contributed by atoms with Crippen LogP contribution in [0.5, 0.6) is 0 Å². The van der Waals surface area contributed by atoms with Gasteiger partial charge in [-0.25, -0.2) is 0 Å². The molecule has 0 saturated carbocycles. The molecule has 0 aliphatic carbocycles. The van der Waals surface area contributed by atoms with E-state index in [-0.39, 0.29) is 5.41 Å². The van der Waals surface area contributed by atoms with Crippen molar-refractivity contribution in [3.8, 4) is 0 Å². The van der Waals surface area contributed by atoms with Gasteiger partial charge in [-0.05, 0) is 38.8 Å². The molecular formula is C14H26N2O. The van der Waals surface area contributed by atoms with Crippen molar-refractivity contribution in [3.63, 3.8) is 0 Å². The van der Waals surface area contributed by atoms with Crippen LogP contribution in [-0.2, 0) is 4.79 Å². The zero-order valence-corrected chi connectivity index (χ0v) is 11.7. The van der Waals surface area contributed by atoms with Gasteiger partial charge in [-0.3, -0.25) is 4.79 Å². The second-order valence-corrected chi connectivity index (χ2v) is 6.74. The van der Waals surface area contributed by atoms with Gasteiger partial charge in [0.1, 0.15) is 0 Å². The molecule has 0 aromatic carbocycles. The van der Waals surface area contributed by atoms with E-state index in [1.165, 1.54) is 19.4 Å². The number of hydrogen-bond donors (Lipinski definition) is 0. The normalized spacial score (nSPS) is 31.2. The molecule has 2 atom stereocenters. The molecule has 0 bridgehead atoms. The maximum atomic E-state index is 12.3. The van der Waals surface area contributed by atoms with E-state index in [0.717, 1.165) is 19.5 Å². The number of amides is 1. The van der Waals surface area contributed by atoms with Gasteiger partial charge in [0.2, 0.25) is 5.91 Å². The zero-order chi connectivity index (χ0) is 12.6. The SMILES string of the molecule is CN1CCCC2CN(C(=O)C(C)(C)C)CCC21. The molecule has 3 heteroatoms. The lowest BCUT2D eigenvalue weighted by Gasteiger charge is -2.47. The van der Waals surface area contributed by atoms with Gasteiger partial charge in [-0.15, -0.1) is 0 Å². The van der Waals surface area contributed by atoms with E-state index in [9.17, 15) is 4.79 Å². The van der Waals surface area contributed by atoms with Crippen LogP contribution in [0.1, 0.15) is 40.0 Å². The van der Waals surface area contributed by atoms with E-state index in [4.69, 9.17) is 0 Å². The fourth-order valence-corrected chi connectivity index (χ4v) is 3.31. The van der Waals surface area contributed by atoms with Crippen molar-refractivity contribution in [2.45, 2.75) is 46.1 Å². The van der Waals surface area contributed by atoms with Gasteiger partial charge in [-0.1, -0.05) is 20.8 Å². The second kappa shape index (κ2) is 4.60. The number of piperidine rings is 2. The Morgan fingerprint density at radius 1 is 1.18 bits per heavy atom. The number of nitrogens with zero attached hydrogens (tertiary/aromatic N) is 2. The first kappa shape index (κ1) is 12.9. The number of likely N-dealkylation sites (tertiary alicyclic amines) is 2. The van der Waals surface area contributed by atoms with Crippen LogP contribution in [0.25, 0.3) is 0 Å². The average Bonchev–Trinajstić information content (AvgIpc) is 2.26. The van der Waals surface area contributed by atoms with Crippen molar-refractivity contribution in [1.82, 2.24) is 9.80 Å². The topological polar surface area (TPSA) is 23.6 Å². The molecule has 0 N–H and O–H groups in total. The van der Waals surface area contributed by atoms with Crippen LogP contribution in [0.2, 0.25) is 0 Å². The number of carbonyl (C=O) groups excluding carboxylic acids is 1. The minimum absolute atomic E-state index is 0.229. The molecule has 2 aliphatic heterocycles. The molecule has 0 aromatic rings. The van der Waals surface area contributed by atoms with Gasteiger partial charge in [-0.2, -0.15) is 0 Å². The highest BCUT2D eigenvalue weighted by Gasteiger charge is 2.38. The predicted octanol–water partition coefficient (Wildman–Crippen LogP) is 1.98. The van der Waals surface area contributed by atoms with Crippen molar-refractivity contribution in [2.24, 2.45) is 11.3 Å². The smallest absolute Gasteiger partial charge is 0.227 e. The minimum atomic E-state index is -0.229. The number of carbonyl (C=O) groups is 1. The highest BCUT2D eigenvalue weighted by molar-refractivity contribution is 5.81. The Kier molecular flexibility index (Phi) is 3.48. The van der Waals surface area contributed by atoms with E-state index in [0.29, 0.717) is 17.9 Å². The Hall–Kier alpha value is -0.570. The van der Waals surface area contributed by atoms with E-state index in [1.807, 2.05) is 20.8 Å². The lowest BCUT2D eigenvalue weighted by atomic mass is 9.83. The maximum Gasteiger partial charge on any atom is 0.227 e. The Morgan fingerprint density at radius 3 is 2.53 bits per heavy atom. The van der Waals surface area contributed by atoms with Crippen molar-refractivity contribution >= 4 is 5.91 Å². The average molecular weight is 238 g/mol. The molecule has 2 saturated heterocycles. The number of hydrogen-bond acceptors (Lipinski definition) is 2. The summed E-state index contributed by atoms with van der Waals surface area (Å²) in [6.45, 7) is 9.22. The third-order valence-electron chi connectivity index (χ3n) is 4.27. The highest BCUT2D eigenvalue weighted by atomic mass is 16.2. The van der Waals surface area contributed by atoms with Gasteiger partial charge >= 0.3 is 0 Å². The Balaban J connectivity index is 2.00. The fraction of sp³-hybridized carbons (Fsp3) is 0.929. The lowest BCUT2D eigenvalue weighted by Crippen LogP contribution is -2.55. The maximum absolute atomic E-state index is 12.3. The Morgan fingerprint density at radius 2 is 1.88 bits per heavy atom. The van der Waals surface area contributed by atoms with Crippen molar-refractivity contribution < 1.29 is 4.79 Å². The quantitative estimate of drug-likeness (QED) is 0.644. The molecule has 2 aliphatic rings. The summed E-state index contributed by atoms with van der Waals surface area (Å²) in [5.41, 5.74) is -0.229. The van der Waals surface area contributed by atoms with Gasteiger partial charge in [0.15, 0.2) is 0 Å². The second-order valence-electron chi connectivity index (χ2n) is 6.74. The van der Waals surface area contributed by atoms with Crippen LogP contribution in [-0.4, -0.2) is 48.4 Å². The van der Waals surface area contributed by atoms with E-state index < -0.39 is 0 Å². The molecule has 0 spiro atoms. The summed E-state index contributed by atoms with van der Waals surface area (Å²) in [7, 11) is 2.23. The van der Waals surface area contributed by atoms with Crippen LogP contribution in [0.4, 0.5) is 0 Å². The van der Waals surface area contributed by atoms with E-state index in [1.54, 1.807) is 0 Å². The predicted molar refractivity (Wildman–Crippen MR) is 69.8 cm³/mol. The van der Waals surface area contributed by atoms with Gasteiger partial charge < -0.3 is 9.80 Å². The summed E-state index contributed by atoms with van der Waals surface area (Å²) in [5.74, 6) is 1.03. The summed E-state index contributed by atoms with van der Waals surface area (Å²) in [6, 6.07) is 0.716. The van der Waals surface area contributed by atoms with Crippen molar-refractivity contribution in [2.75, 3.05) is 26.7 Å². The van der Waals surface area contributed by atoms with E-state index >= 15 is 0 Å². The summed E-state index contributed by atoms with van der Waals surface area (Å²) in [5, 5.41) is 0. The van der Waals surface area contributed by atoms with Gasteiger partial charge in [0.05, 0.1) is 0 Å². The summed E-state index contributed by atoms with van der Waals surface area (Å²) in [6.07, 6.45) is 3.74. The highest BCUT2D eigenvalue weighted by Crippen LogP contribution is 2.31. The molecule has 1 amide bonds. The van der Waals surface area contributed by atoms with E-state index in [2.05, 4.69) is 16.8 Å². The number of fused-ring (bicyclic) bond motifs is 1. The fourth-order valence-electron chi connectivity index (χ4n) is 3.31. The molecule has 0 radical (unpaired) electrons. The minimum Gasteiger partial charge on any atom is -0.342 e. The third kappa shape index (κ3) is 2.65. The first-order chi connectivity index (χ1) is 7.89. The standard InChI is InChI=1S/C14H26N2O/c1-14(2,3)13(17)16-9-7-12-11(10-16)6-5-8-15(12)4/h11-12H,5-10H2,1-4H3. The first-order valence-electron chi connectivity index (χ1n) is 6.89. The molecular weight excluding hydrogens is 212 g/mol. The van der Waals surface area contributed by atoms with Crippen LogP contribution < -0.4 is 0 Å². The molecule has 2 rings (SSSR count). The van der Waals surface area contributed by atoms with Crippen LogP contribution >= 0.6 is 0 Å².